The molecule has 1 aromatic carbocycles. The van der Waals surface area contributed by atoms with Gasteiger partial charge in [-0.25, -0.2) is 0 Å². The van der Waals surface area contributed by atoms with Crippen molar-refractivity contribution in [3.8, 4) is 5.75 Å². The van der Waals surface area contributed by atoms with Crippen LogP contribution in [0.2, 0.25) is 0 Å². The van der Waals surface area contributed by atoms with Crippen LogP contribution in [0.25, 0.3) is 0 Å². The Morgan fingerprint density at radius 3 is 2.70 bits per heavy atom. The first-order chi connectivity index (χ1) is 11.0. The van der Waals surface area contributed by atoms with Crippen LogP contribution in [-0.2, 0) is 20.7 Å². The van der Waals surface area contributed by atoms with E-state index in [9.17, 15) is 9.59 Å². The second-order valence-corrected chi connectivity index (χ2v) is 5.99. The molecule has 0 spiro atoms. The second kappa shape index (κ2) is 7.99. The standard InChI is InChI=1S/C18H25NO4/c1-4-14-6-5-7-16(10-14)23-12-17(20)19(15-8-9-15)11-13(2)18(21)22-3/h5-7,10,13,15H,4,8-9,11-12H2,1-3H3. The molecule has 1 aliphatic carbocycles. The van der Waals surface area contributed by atoms with Crippen molar-refractivity contribution in [3.63, 3.8) is 0 Å². The molecule has 1 unspecified atom stereocenters. The molecule has 5 heteroatoms. The molecule has 0 N–H and O–H groups in total. The number of hydrogen-bond donors (Lipinski definition) is 0. The summed E-state index contributed by atoms with van der Waals surface area (Å²) in [5.74, 6) is 0.00704. The number of benzene rings is 1. The van der Waals surface area contributed by atoms with E-state index in [2.05, 4.69) is 6.92 Å². The van der Waals surface area contributed by atoms with E-state index < -0.39 is 0 Å². The molecule has 126 valence electrons. The van der Waals surface area contributed by atoms with Gasteiger partial charge in [0.25, 0.3) is 5.91 Å². The van der Waals surface area contributed by atoms with Crippen molar-refractivity contribution in [2.24, 2.45) is 5.92 Å². The predicted octanol–water partition coefficient (Wildman–Crippen LogP) is 2.43. The molecule has 0 bridgehead atoms. The number of hydrogen-bond acceptors (Lipinski definition) is 4. The lowest BCUT2D eigenvalue weighted by Crippen LogP contribution is -2.41. The van der Waals surface area contributed by atoms with Crippen molar-refractivity contribution in [3.05, 3.63) is 29.8 Å². The van der Waals surface area contributed by atoms with Crippen molar-refractivity contribution in [1.29, 1.82) is 0 Å². The number of methoxy groups -OCH3 is 1. The van der Waals surface area contributed by atoms with Crippen LogP contribution in [0.5, 0.6) is 5.75 Å². The number of esters is 1. The Labute approximate surface area is 137 Å². The number of amides is 1. The molecule has 5 nitrogen and oxygen atoms in total. The zero-order chi connectivity index (χ0) is 16.8. The maximum atomic E-state index is 12.4. The van der Waals surface area contributed by atoms with Crippen LogP contribution in [0.15, 0.2) is 24.3 Å². The van der Waals surface area contributed by atoms with E-state index in [1.807, 2.05) is 24.3 Å². The molecule has 0 heterocycles. The minimum absolute atomic E-state index is 0.00242. The van der Waals surface area contributed by atoms with Gasteiger partial charge in [0.05, 0.1) is 13.0 Å². The summed E-state index contributed by atoms with van der Waals surface area (Å²) < 4.78 is 10.4. The van der Waals surface area contributed by atoms with Crippen LogP contribution in [-0.4, -0.2) is 43.1 Å². The van der Waals surface area contributed by atoms with Gasteiger partial charge in [0, 0.05) is 12.6 Å². The van der Waals surface area contributed by atoms with E-state index in [-0.39, 0.29) is 30.4 Å². The van der Waals surface area contributed by atoms with Crippen LogP contribution < -0.4 is 4.74 Å². The fraction of sp³-hybridized carbons (Fsp3) is 0.556. The predicted molar refractivity (Wildman–Crippen MR) is 87.2 cm³/mol. The normalized spacial score (nSPS) is 14.9. The summed E-state index contributed by atoms with van der Waals surface area (Å²) >= 11 is 0. The number of aryl methyl sites for hydroxylation is 1. The summed E-state index contributed by atoms with van der Waals surface area (Å²) in [5, 5.41) is 0. The van der Waals surface area contributed by atoms with E-state index in [0.717, 1.165) is 19.3 Å². The first kappa shape index (κ1) is 17.3. The second-order valence-electron chi connectivity index (χ2n) is 5.99. The maximum Gasteiger partial charge on any atom is 0.310 e. The van der Waals surface area contributed by atoms with Gasteiger partial charge in [0.1, 0.15) is 5.75 Å². The third kappa shape index (κ3) is 4.98. The van der Waals surface area contributed by atoms with Crippen molar-refractivity contribution in [2.75, 3.05) is 20.3 Å². The van der Waals surface area contributed by atoms with Gasteiger partial charge in [-0.05, 0) is 37.0 Å². The molecule has 1 aromatic rings. The average molecular weight is 319 g/mol. The third-order valence-corrected chi connectivity index (χ3v) is 4.05. The third-order valence-electron chi connectivity index (χ3n) is 4.05. The van der Waals surface area contributed by atoms with E-state index in [1.54, 1.807) is 11.8 Å². The van der Waals surface area contributed by atoms with Crippen LogP contribution in [0, 0.1) is 5.92 Å². The lowest BCUT2D eigenvalue weighted by molar-refractivity contribution is -0.146. The molecule has 1 fully saturated rings. The molecular weight excluding hydrogens is 294 g/mol. The summed E-state index contributed by atoms with van der Waals surface area (Å²) in [6.45, 7) is 4.24. The monoisotopic (exact) mass is 319 g/mol. The topological polar surface area (TPSA) is 55.8 Å². The van der Waals surface area contributed by atoms with E-state index >= 15 is 0 Å². The summed E-state index contributed by atoms with van der Waals surface area (Å²) in [6.07, 6.45) is 2.91. The highest BCUT2D eigenvalue weighted by atomic mass is 16.5. The highest BCUT2D eigenvalue weighted by molar-refractivity contribution is 5.79. The van der Waals surface area contributed by atoms with Crippen molar-refractivity contribution >= 4 is 11.9 Å². The fourth-order valence-electron chi connectivity index (χ4n) is 2.49. The Kier molecular flexibility index (Phi) is 6.02. The highest BCUT2D eigenvalue weighted by Gasteiger charge is 2.34. The molecule has 0 radical (unpaired) electrons. The molecule has 1 saturated carbocycles. The Hall–Kier alpha value is -2.04. The van der Waals surface area contributed by atoms with Crippen molar-refractivity contribution in [1.82, 2.24) is 4.90 Å². The quantitative estimate of drug-likeness (QED) is 0.691. The minimum Gasteiger partial charge on any atom is -0.484 e. The number of rotatable bonds is 8. The molecule has 0 saturated heterocycles. The van der Waals surface area contributed by atoms with E-state index in [0.29, 0.717) is 12.3 Å². The zero-order valence-electron chi connectivity index (χ0n) is 14.1. The average Bonchev–Trinajstić information content (AvgIpc) is 3.41. The smallest absolute Gasteiger partial charge is 0.310 e. The molecule has 2 rings (SSSR count). The maximum absolute atomic E-state index is 12.4. The van der Waals surface area contributed by atoms with Crippen LogP contribution in [0.1, 0.15) is 32.3 Å². The van der Waals surface area contributed by atoms with Crippen LogP contribution in [0.3, 0.4) is 0 Å². The van der Waals surface area contributed by atoms with Gasteiger partial charge >= 0.3 is 5.97 Å². The van der Waals surface area contributed by atoms with Gasteiger partial charge in [-0.2, -0.15) is 0 Å². The van der Waals surface area contributed by atoms with Crippen molar-refractivity contribution < 1.29 is 19.1 Å². The molecule has 23 heavy (non-hydrogen) atoms. The zero-order valence-corrected chi connectivity index (χ0v) is 14.1. The number of carbonyl (C=O) groups is 2. The Balaban J connectivity index is 1.92. The van der Waals surface area contributed by atoms with E-state index in [4.69, 9.17) is 9.47 Å². The number of ether oxygens (including phenoxy) is 2. The Morgan fingerprint density at radius 2 is 2.09 bits per heavy atom. The van der Waals surface area contributed by atoms with Crippen LogP contribution in [0.4, 0.5) is 0 Å². The number of carbonyl (C=O) groups excluding carboxylic acids is 2. The number of nitrogens with zero attached hydrogens (tertiary/aromatic N) is 1. The van der Waals surface area contributed by atoms with Gasteiger partial charge in [-0.1, -0.05) is 26.0 Å². The Morgan fingerprint density at radius 1 is 1.35 bits per heavy atom. The lowest BCUT2D eigenvalue weighted by Gasteiger charge is -2.25. The minimum atomic E-state index is -0.326. The summed E-state index contributed by atoms with van der Waals surface area (Å²) in [7, 11) is 1.37. The summed E-state index contributed by atoms with van der Waals surface area (Å²) in [4.78, 5) is 25.8. The first-order valence-corrected chi connectivity index (χ1v) is 8.14. The SMILES string of the molecule is CCc1cccc(OCC(=O)N(CC(C)C(=O)OC)C2CC2)c1. The summed E-state index contributed by atoms with van der Waals surface area (Å²) in [6, 6.07) is 8.00. The van der Waals surface area contributed by atoms with Gasteiger partial charge in [0.15, 0.2) is 6.61 Å². The first-order valence-electron chi connectivity index (χ1n) is 8.14. The molecule has 1 aliphatic rings. The molecular formula is C18H25NO4. The van der Waals surface area contributed by atoms with Crippen LogP contribution >= 0.6 is 0 Å². The van der Waals surface area contributed by atoms with E-state index in [1.165, 1.54) is 12.7 Å². The highest BCUT2D eigenvalue weighted by Crippen LogP contribution is 2.28. The largest absolute Gasteiger partial charge is 0.484 e. The molecule has 0 aromatic heterocycles. The lowest BCUT2D eigenvalue weighted by atomic mass is 10.1. The van der Waals surface area contributed by atoms with Gasteiger partial charge in [-0.3, -0.25) is 9.59 Å². The molecule has 1 amide bonds. The molecule has 1 atom stereocenters. The van der Waals surface area contributed by atoms with Gasteiger partial charge < -0.3 is 14.4 Å². The fourth-order valence-corrected chi connectivity index (χ4v) is 2.49. The summed E-state index contributed by atoms with van der Waals surface area (Å²) in [5.41, 5.74) is 1.17. The van der Waals surface area contributed by atoms with Crippen molar-refractivity contribution in [2.45, 2.75) is 39.2 Å². The Bertz CT molecular complexity index is 554. The van der Waals surface area contributed by atoms with Gasteiger partial charge in [-0.15, -0.1) is 0 Å². The van der Waals surface area contributed by atoms with Gasteiger partial charge in [0.2, 0.25) is 0 Å². The molecule has 0 aliphatic heterocycles.